The Hall–Kier alpha value is -2.13. The highest BCUT2D eigenvalue weighted by Crippen LogP contribution is 2.52. The van der Waals surface area contributed by atoms with Crippen molar-refractivity contribution < 1.29 is 4.79 Å². The smallest absolute Gasteiger partial charge is 0.223 e. The van der Waals surface area contributed by atoms with Crippen molar-refractivity contribution in [1.82, 2.24) is 4.90 Å². The van der Waals surface area contributed by atoms with Gasteiger partial charge in [-0.05, 0) is 43.4 Å². The zero-order chi connectivity index (χ0) is 17.0. The van der Waals surface area contributed by atoms with Gasteiger partial charge < -0.3 is 10.6 Å². The third-order valence-corrected chi connectivity index (χ3v) is 5.11. The molecule has 0 heterocycles. The third-order valence-electron chi connectivity index (χ3n) is 5.11. The first kappa shape index (κ1) is 16.7. The number of carbonyl (C=O) groups is 1. The Balaban J connectivity index is 1.71. The van der Waals surface area contributed by atoms with Crippen LogP contribution >= 0.6 is 0 Å². The van der Waals surface area contributed by atoms with Crippen molar-refractivity contribution in [3.8, 4) is 0 Å². The lowest BCUT2D eigenvalue weighted by Crippen LogP contribution is -2.31. The van der Waals surface area contributed by atoms with E-state index in [4.69, 9.17) is 5.73 Å². The first-order chi connectivity index (χ1) is 11.6. The highest BCUT2D eigenvalue weighted by molar-refractivity contribution is 5.83. The summed E-state index contributed by atoms with van der Waals surface area (Å²) in [4.78, 5) is 14.2. The lowest BCUT2D eigenvalue weighted by Gasteiger charge is -2.27. The molecule has 1 aliphatic rings. The number of nitrogens with two attached hydrogens (primary N) is 1. The molecule has 2 aromatic carbocycles. The van der Waals surface area contributed by atoms with Gasteiger partial charge in [0.05, 0.1) is 0 Å². The van der Waals surface area contributed by atoms with E-state index in [-0.39, 0.29) is 11.3 Å². The minimum absolute atomic E-state index is 0.130. The maximum Gasteiger partial charge on any atom is 0.223 e. The largest absolute Gasteiger partial charge is 0.369 e. The van der Waals surface area contributed by atoms with Gasteiger partial charge in [0.1, 0.15) is 0 Å². The fourth-order valence-electron chi connectivity index (χ4n) is 3.52. The van der Waals surface area contributed by atoms with Crippen molar-refractivity contribution >= 4 is 5.91 Å². The lowest BCUT2D eigenvalue weighted by atomic mass is 9.86. The van der Waals surface area contributed by atoms with Crippen LogP contribution in [0.2, 0.25) is 0 Å². The van der Waals surface area contributed by atoms with Crippen molar-refractivity contribution in [2.24, 2.45) is 11.1 Å². The standard InChI is InChI=1S/C21H26N2O/c1-23(15-17-8-4-2-5-9-17)16-19(18-10-6-3-7-11-18)14-21(12-13-21)20(22)24/h2-11,19H,12-16H2,1H3,(H2,22,24). The number of benzene rings is 2. The van der Waals surface area contributed by atoms with Crippen LogP contribution in [0.15, 0.2) is 60.7 Å². The summed E-state index contributed by atoms with van der Waals surface area (Å²) in [5.74, 6) is 0.198. The van der Waals surface area contributed by atoms with Gasteiger partial charge in [-0.15, -0.1) is 0 Å². The molecule has 1 aliphatic carbocycles. The summed E-state index contributed by atoms with van der Waals surface area (Å²) in [6.45, 7) is 1.84. The van der Waals surface area contributed by atoms with Crippen LogP contribution in [0.5, 0.6) is 0 Å². The Kier molecular flexibility index (Phi) is 5.00. The van der Waals surface area contributed by atoms with Crippen LogP contribution in [0.4, 0.5) is 0 Å². The van der Waals surface area contributed by atoms with Gasteiger partial charge in [-0.3, -0.25) is 4.79 Å². The van der Waals surface area contributed by atoms with Crippen LogP contribution in [-0.4, -0.2) is 24.4 Å². The molecule has 3 nitrogen and oxygen atoms in total. The molecule has 0 aromatic heterocycles. The third kappa shape index (κ3) is 4.04. The van der Waals surface area contributed by atoms with E-state index in [0.29, 0.717) is 5.92 Å². The number of rotatable bonds is 8. The van der Waals surface area contributed by atoms with Crippen LogP contribution in [0, 0.1) is 5.41 Å². The molecular weight excluding hydrogens is 296 g/mol. The molecule has 3 rings (SSSR count). The van der Waals surface area contributed by atoms with Crippen LogP contribution in [-0.2, 0) is 11.3 Å². The molecule has 24 heavy (non-hydrogen) atoms. The minimum Gasteiger partial charge on any atom is -0.369 e. The zero-order valence-electron chi connectivity index (χ0n) is 14.3. The van der Waals surface area contributed by atoms with Gasteiger partial charge >= 0.3 is 0 Å². The highest BCUT2D eigenvalue weighted by atomic mass is 16.1. The Morgan fingerprint density at radius 3 is 2.21 bits per heavy atom. The predicted octanol–water partition coefficient (Wildman–Crippen LogP) is 3.56. The van der Waals surface area contributed by atoms with Crippen molar-refractivity contribution in [2.45, 2.75) is 31.7 Å². The van der Waals surface area contributed by atoms with E-state index in [2.05, 4.69) is 60.5 Å². The summed E-state index contributed by atoms with van der Waals surface area (Å²) in [5.41, 5.74) is 8.00. The van der Waals surface area contributed by atoms with Crippen LogP contribution in [0.1, 0.15) is 36.3 Å². The van der Waals surface area contributed by atoms with Gasteiger partial charge in [-0.1, -0.05) is 60.7 Å². The van der Waals surface area contributed by atoms with Crippen molar-refractivity contribution in [1.29, 1.82) is 0 Å². The second kappa shape index (κ2) is 7.18. The highest BCUT2D eigenvalue weighted by Gasteiger charge is 2.49. The minimum atomic E-state index is -0.270. The van der Waals surface area contributed by atoms with Crippen LogP contribution in [0.25, 0.3) is 0 Å². The maximum absolute atomic E-state index is 11.8. The molecule has 1 unspecified atom stereocenters. The number of hydrogen-bond acceptors (Lipinski definition) is 2. The van der Waals surface area contributed by atoms with Crippen LogP contribution in [0.3, 0.4) is 0 Å². The molecule has 1 atom stereocenters. The Bertz CT molecular complexity index is 665. The second-order valence-electron chi connectivity index (χ2n) is 7.14. The summed E-state index contributed by atoms with van der Waals surface area (Å²) in [6.07, 6.45) is 2.73. The average Bonchev–Trinajstić information content (AvgIpc) is 3.37. The number of amides is 1. The summed E-state index contributed by atoms with van der Waals surface area (Å²) in [6, 6.07) is 21.0. The molecule has 3 heteroatoms. The molecule has 0 saturated heterocycles. The topological polar surface area (TPSA) is 46.3 Å². The van der Waals surface area contributed by atoms with Crippen molar-refractivity contribution in [3.05, 3.63) is 71.8 Å². The molecule has 2 aromatic rings. The first-order valence-corrected chi connectivity index (χ1v) is 8.66. The number of carbonyl (C=O) groups excluding carboxylic acids is 1. The van der Waals surface area contributed by atoms with Gasteiger partial charge in [0.2, 0.25) is 5.91 Å². The Morgan fingerprint density at radius 1 is 1.08 bits per heavy atom. The normalized spacial score (nSPS) is 16.8. The summed E-state index contributed by atoms with van der Waals surface area (Å²) < 4.78 is 0. The first-order valence-electron chi connectivity index (χ1n) is 8.66. The van der Waals surface area contributed by atoms with E-state index in [1.54, 1.807) is 0 Å². The molecule has 1 fully saturated rings. The van der Waals surface area contributed by atoms with Crippen molar-refractivity contribution in [2.75, 3.05) is 13.6 Å². The Labute approximate surface area is 144 Å². The van der Waals surface area contributed by atoms with Crippen LogP contribution < -0.4 is 5.73 Å². The van der Waals surface area contributed by atoms with E-state index >= 15 is 0 Å². The van der Waals surface area contributed by atoms with Gasteiger partial charge in [0.25, 0.3) is 0 Å². The zero-order valence-corrected chi connectivity index (χ0v) is 14.3. The molecular formula is C21H26N2O. The molecule has 0 radical (unpaired) electrons. The molecule has 126 valence electrons. The maximum atomic E-state index is 11.8. The second-order valence-corrected chi connectivity index (χ2v) is 7.14. The van der Waals surface area contributed by atoms with E-state index in [1.165, 1.54) is 11.1 Å². The summed E-state index contributed by atoms with van der Waals surface area (Å²) in [5, 5.41) is 0. The lowest BCUT2D eigenvalue weighted by molar-refractivity contribution is -0.123. The molecule has 0 bridgehead atoms. The summed E-state index contributed by atoms with van der Waals surface area (Å²) in [7, 11) is 2.15. The molecule has 1 saturated carbocycles. The van der Waals surface area contributed by atoms with Gasteiger partial charge in [0, 0.05) is 18.5 Å². The van der Waals surface area contributed by atoms with E-state index < -0.39 is 0 Å². The molecule has 0 aliphatic heterocycles. The predicted molar refractivity (Wildman–Crippen MR) is 97.4 cm³/mol. The summed E-state index contributed by atoms with van der Waals surface area (Å²) >= 11 is 0. The Morgan fingerprint density at radius 2 is 1.67 bits per heavy atom. The number of hydrogen-bond donors (Lipinski definition) is 1. The molecule has 2 N–H and O–H groups in total. The SMILES string of the molecule is CN(Cc1ccccc1)CC(CC1(C(N)=O)CC1)c1ccccc1. The molecule has 0 spiro atoms. The number of likely N-dealkylation sites (N-methyl/N-ethyl adjacent to an activating group) is 1. The van der Waals surface area contributed by atoms with Gasteiger partial charge in [-0.25, -0.2) is 0 Å². The van der Waals surface area contributed by atoms with Gasteiger partial charge in [0.15, 0.2) is 0 Å². The number of nitrogens with zero attached hydrogens (tertiary/aromatic N) is 1. The van der Waals surface area contributed by atoms with E-state index in [9.17, 15) is 4.79 Å². The monoisotopic (exact) mass is 322 g/mol. The van der Waals surface area contributed by atoms with E-state index in [1.807, 2.05) is 12.1 Å². The number of primary amides is 1. The fourth-order valence-corrected chi connectivity index (χ4v) is 3.52. The molecule has 1 amide bonds. The van der Waals surface area contributed by atoms with E-state index in [0.717, 1.165) is 32.4 Å². The quantitative estimate of drug-likeness (QED) is 0.808. The average molecular weight is 322 g/mol. The fraction of sp³-hybridized carbons (Fsp3) is 0.381. The van der Waals surface area contributed by atoms with Gasteiger partial charge in [-0.2, -0.15) is 0 Å². The van der Waals surface area contributed by atoms with Crippen molar-refractivity contribution in [3.63, 3.8) is 0 Å².